The van der Waals surface area contributed by atoms with Crippen molar-refractivity contribution in [3.05, 3.63) is 24.2 Å². The highest BCUT2D eigenvalue weighted by atomic mass is 127. The van der Waals surface area contributed by atoms with Gasteiger partial charge in [-0.05, 0) is 31.6 Å². The van der Waals surface area contributed by atoms with E-state index in [0.29, 0.717) is 19.2 Å². The topological polar surface area (TPSA) is 53.2 Å². The zero-order chi connectivity index (χ0) is 17.2. The molecule has 6 nitrogen and oxygen atoms in total. The molecular weight excluding hydrogens is 431 g/mol. The van der Waals surface area contributed by atoms with Gasteiger partial charge in [-0.25, -0.2) is 0 Å². The van der Waals surface area contributed by atoms with Crippen molar-refractivity contribution in [3.8, 4) is 0 Å². The summed E-state index contributed by atoms with van der Waals surface area (Å²) in [7, 11) is 1.71. The molecule has 1 aliphatic rings. The highest BCUT2D eigenvalue weighted by Crippen LogP contribution is 2.15. The molecule has 2 rings (SSSR count). The van der Waals surface area contributed by atoms with Gasteiger partial charge in [0, 0.05) is 39.2 Å². The molecule has 0 aliphatic carbocycles. The molecule has 0 bridgehead atoms. The van der Waals surface area contributed by atoms with Crippen LogP contribution in [0.2, 0.25) is 0 Å². The van der Waals surface area contributed by atoms with Gasteiger partial charge in [-0.15, -0.1) is 24.0 Å². The number of aliphatic imine (C=N–C) groups is 1. The molecule has 1 aliphatic heterocycles. The molecule has 0 radical (unpaired) electrons. The van der Waals surface area contributed by atoms with Crippen molar-refractivity contribution in [2.45, 2.75) is 32.7 Å². The fraction of sp³-hybridized carbons (Fsp3) is 0.722. The van der Waals surface area contributed by atoms with E-state index in [1.807, 2.05) is 12.1 Å². The summed E-state index contributed by atoms with van der Waals surface area (Å²) in [5.74, 6) is 1.99. The quantitative estimate of drug-likeness (QED) is 0.264. The van der Waals surface area contributed by atoms with Gasteiger partial charge in [-0.2, -0.15) is 0 Å². The molecule has 0 spiro atoms. The van der Waals surface area contributed by atoms with Crippen molar-refractivity contribution in [1.82, 2.24) is 15.1 Å². The van der Waals surface area contributed by atoms with Crippen LogP contribution in [0.15, 0.2) is 27.8 Å². The number of nitrogens with zero attached hydrogens (tertiary/aromatic N) is 3. The lowest BCUT2D eigenvalue weighted by Crippen LogP contribution is -2.44. The van der Waals surface area contributed by atoms with E-state index in [9.17, 15) is 0 Å². The number of rotatable bonds is 9. The molecule has 0 saturated carbocycles. The Balaban J connectivity index is 0.00000312. The number of likely N-dealkylation sites (tertiary alicyclic amines) is 1. The first kappa shape index (κ1) is 22.2. The molecule has 144 valence electrons. The van der Waals surface area contributed by atoms with Gasteiger partial charge >= 0.3 is 0 Å². The normalized spacial score (nSPS) is 17.8. The second kappa shape index (κ2) is 12.5. The predicted molar refractivity (Wildman–Crippen MR) is 113 cm³/mol. The van der Waals surface area contributed by atoms with Gasteiger partial charge in [-0.3, -0.25) is 9.89 Å². The van der Waals surface area contributed by atoms with E-state index < -0.39 is 0 Å². The summed E-state index contributed by atoms with van der Waals surface area (Å²) in [4.78, 5) is 9.63. The molecule has 1 fully saturated rings. The Kier molecular flexibility index (Phi) is 11.2. The lowest BCUT2D eigenvalue weighted by atomic mass is 10.2. The maximum atomic E-state index is 5.40. The summed E-state index contributed by atoms with van der Waals surface area (Å²) < 4.78 is 10.5. The van der Waals surface area contributed by atoms with Crippen LogP contribution in [0.25, 0.3) is 0 Å². The molecule has 0 amide bonds. The largest absolute Gasteiger partial charge is 0.469 e. The highest BCUT2D eigenvalue weighted by molar-refractivity contribution is 14.0. The van der Waals surface area contributed by atoms with Gasteiger partial charge in [0.25, 0.3) is 0 Å². The summed E-state index contributed by atoms with van der Waals surface area (Å²) in [5, 5.41) is 3.50. The van der Waals surface area contributed by atoms with E-state index in [0.717, 1.165) is 50.9 Å². The van der Waals surface area contributed by atoms with Crippen molar-refractivity contribution in [2.24, 2.45) is 4.99 Å². The summed E-state index contributed by atoms with van der Waals surface area (Å²) in [6, 6.07) is 4.56. The lowest BCUT2D eigenvalue weighted by molar-refractivity contribution is 0.207. The maximum Gasteiger partial charge on any atom is 0.194 e. The Morgan fingerprint density at radius 2 is 2.24 bits per heavy atom. The fourth-order valence-electron chi connectivity index (χ4n) is 3.24. The molecule has 1 aromatic rings. The van der Waals surface area contributed by atoms with E-state index >= 15 is 0 Å². The average Bonchev–Trinajstić information content (AvgIpc) is 3.27. The van der Waals surface area contributed by atoms with Crippen LogP contribution in [-0.4, -0.2) is 74.8 Å². The molecule has 25 heavy (non-hydrogen) atoms. The Morgan fingerprint density at radius 3 is 2.88 bits per heavy atom. The minimum atomic E-state index is 0. The minimum absolute atomic E-state index is 0. The lowest BCUT2D eigenvalue weighted by Gasteiger charge is -2.27. The number of methoxy groups -OCH3 is 1. The first-order valence-corrected chi connectivity index (χ1v) is 9.07. The molecule has 7 heteroatoms. The standard InChI is InChI=1S/C18H32N4O2.HI/c1-4-21(5-2)16-9-12-22(15-16)18(20-11-14-23-3)19-10-8-17-7-6-13-24-17;/h6-7,13,16H,4-5,8-12,14-15H2,1-3H3,(H,19,20);1H. The third kappa shape index (κ3) is 7.15. The zero-order valence-corrected chi connectivity index (χ0v) is 18.1. The van der Waals surface area contributed by atoms with Crippen molar-refractivity contribution in [1.29, 1.82) is 0 Å². The number of hydrogen-bond donors (Lipinski definition) is 1. The van der Waals surface area contributed by atoms with Crippen molar-refractivity contribution in [2.75, 3.05) is 53.0 Å². The summed E-state index contributed by atoms with van der Waals surface area (Å²) in [5.41, 5.74) is 0. The molecule has 1 aromatic heterocycles. The average molecular weight is 464 g/mol. The second-order valence-electron chi connectivity index (χ2n) is 6.06. The monoisotopic (exact) mass is 464 g/mol. The number of hydrogen-bond acceptors (Lipinski definition) is 4. The SMILES string of the molecule is CCN(CC)C1CCN(C(=NCCOC)NCCc2ccco2)C1.I. The van der Waals surface area contributed by atoms with Gasteiger partial charge in [0.15, 0.2) is 5.96 Å². The predicted octanol–water partition coefficient (Wildman–Crippen LogP) is 2.45. The van der Waals surface area contributed by atoms with E-state index in [1.165, 1.54) is 6.42 Å². The van der Waals surface area contributed by atoms with Crippen LogP contribution in [0.3, 0.4) is 0 Å². The second-order valence-corrected chi connectivity index (χ2v) is 6.06. The Morgan fingerprint density at radius 1 is 1.44 bits per heavy atom. The number of furan rings is 1. The van der Waals surface area contributed by atoms with Crippen LogP contribution < -0.4 is 5.32 Å². The van der Waals surface area contributed by atoms with Crippen LogP contribution in [0.1, 0.15) is 26.0 Å². The van der Waals surface area contributed by atoms with Crippen LogP contribution in [0.4, 0.5) is 0 Å². The van der Waals surface area contributed by atoms with E-state index in [-0.39, 0.29) is 24.0 Å². The molecule has 1 unspecified atom stereocenters. The molecule has 2 heterocycles. The zero-order valence-electron chi connectivity index (χ0n) is 15.7. The Bertz CT molecular complexity index is 477. The van der Waals surface area contributed by atoms with Crippen LogP contribution in [-0.2, 0) is 11.2 Å². The van der Waals surface area contributed by atoms with Crippen molar-refractivity contribution in [3.63, 3.8) is 0 Å². The maximum absolute atomic E-state index is 5.40. The van der Waals surface area contributed by atoms with E-state index in [4.69, 9.17) is 14.1 Å². The third-order valence-corrected chi connectivity index (χ3v) is 4.58. The molecule has 1 N–H and O–H groups in total. The van der Waals surface area contributed by atoms with Gasteiger partial charge in [0.05, 0.1) is 19.4 Å². The van der Waals surface area contributed by atoms with Gasteiger partial charge in [0.2, 0.25) is 0 Å². The molecular formula is C18H33IN4O2. The highest BCUT2D eigenvalue weighted by Gasteiger charge is 2.28. The van der Waals surface area contributed by atoms with Crippen molar-refractivity contribution < 1.29 is 9.15 Å². The van der Waals surface area contributed by atoms with Crippen LogP contribution in [0, 0.1) is 0 Å². The van der Waals surface area contributed by atoms with Crippen molar-refractivity contribution >= 4 is 29.9 Å². The first-order chi connectivity index (χ1) is 11.8. The third-order valence-electron chi connectivity index (χ3n) is 4.58. The van der Waals surface area contributed by atoms with Gasteiger partial charge in [-0.1, -0.05) is 13.8 Å². The first-order valence-electron chi connectivity index (χ1n) is 9.07. The molecule has 0 aromatic carbocycles. The Labute approximate surface area is 169 Å². The molecule has 1 saturated heterocycles. The summed E-state index contributed by atoms with van der Waals surface area (Å²) in [6.45, 7) is 11.0. The Hall–Kier alpha value is -0.800. The number of nitrogens with one attached hydrogen (secondary N) is 1. The van der Waals surface area contributed by atoms with E-state index in [1.54, 1.807) is 13.4 Å². The van der Waals surface area contributed by atoms with Crippen LogP contribution in [0.5, 0.6) is 0 Å². The van der Waals surface area contributed by atoms with Gasteiger partial charge < -0.3 is 19.4 Å². The number of halogens is 1. The number of ether oxygens (including phenoxy) is 1. The number of guanidine groups is 1. The summed E-state index contributed by atoms with van der Waals surface area (Å²) in [6.07, 6.45) is 3.78. The summed E-state index contributed by atoms with van der Waals surface area (Å²) >= 11 is 0. The van der Waals surface area contributed by atoms with E-state index in [2.05, 4.69) is 29.0 Å². The molecule has 1 atom stereocenters. The smallest absolute Gasteiger partial charge is 0.194 e. The van der Waals surface area contributed by atoms with Gasteiger partial charge in [0.1, 0.15) is 5.76 Å². The fourth-order valence-corrected chi connectivity index (χ4v) is 3.24. The minimum Gasteiger partial charge on any atom is -0.469 e. The number of likely N-dealkylation sites (N-methyl/N-ethyl adjacent to an activating group) is 1. The van der Waals surface area contributed by atoms with Crippen LogP contribution >= 0.6 is 24.0 Å².